The van der Waals surface area contributed by atoms with Gasteiger partial charge in [0, 0.05) is 6.07 Å². The number of carbonyl (C=O) groups excluding carboxylic acids is 1. The van der Waals surface area contributed by atoms with Gasteiger partial charge in [0.1, 0.15) is 11.6 Å². The molecule has 0 aromatic heterocycles. The molecule has 2 aromatic carbocycles. The highest BCUT2D eigenvalue weighted by molar-refractivity contribution is 6.00. The Labute approximate surface area is 115 Å². The van der Waals surface area contributed by atoms with Crippen LogP contribution in [0.25, 0.3) is 0 Å². The van der Waals surface area contributed by atoms with E-state index < -0.39 is 40.7 Å². The van der Waals surface area contributed by atoms with Crippen LogP contribution in [0.5, 0.6) is 5.75 Å². The summed E-state index contributed by atoms with van der Waals surface area (Å²) < 4.78 is 70.6. The van der Waals surface area contributed by atoms with E-state index in [4.69, 9.17) is 0 Å². The van der Waals surface area contributed by atoms with Crippen LogP contribution in [-0.2, 0) is 0 Å². The predicted octanol–water partition coefficient (Wildman–Crippen LogP) is 3.96. The van der Waals surface area contributed by atoms with Crippen LogP contribution in [0.4, 0.5) is 22.0 Å². The summed E-state index contributed by atoms with van der Waals surface area (Å²) in [5.74, 6) is -6.50. The molecule has 0 spiro atoms. The van der Waals surface area contributed by atoms with Crippen LogP contribution in [0.1, 0.15) is 10.4 Å². The van der Waals surface area contributed by atoms with E-state index in [2.05, 4.69) is 4.74 Å². The van der Waals surface area contributed by atoms with Gasteiger partial charge in [-0.3, -0.25) is 4.79 Å². The molecule has 0 saturated carbocycles. The summed E-state index contributed by atoms with van der Waals surface area (Å²) in [6, 6.07) is 5.69. The van der Waals surface area contributed by atoms with Crippen molar-refractivity contribution < 1.29 is 31.5 Å². The first-order chi connectivity index (χ1) is 9.81. The average molecular weight is 302 g/mol. The number of ketones is 1. The van der Waals surface area contributed by atoms with E-state index >= 15 is 0 Å². The highest BCUT2D eigenvalue weighted by Crippen LogP contribution is 2.28. The van der Waals surface area contributed by atoms with Crippen LogP contribution in [0.15, 0.2) is 42.5 Å². The zero-order chi connectivity index (χ0) is 15.6. The maximum Gasteiger partial charge on any atom is 0.466 e. The molecule has 2 aromatic rings. The third-order valence-corrected chi connectivity index (χ3v) is 2.51. The number of hydrogen-bond donors (Lipinski definition) is 0. The topological polar surface area (TPSA) is 26.3 Å². The monoisotopic (exact) mass is 302 g/mol. The summed E-state index contributed by atoms with van der Waals surface area (Å²) in [6.45, 7) is 0. The second-order valence-electron chi connectivity index (χ2n) is 4.00. The second kappa shape index (κ2) is 5.51. The zero-order valence-electron chi connectivity index (χ0n) is 10.2. The number of benzene rings is 2. The van der Waals surface area contributed by atoms with Crippen molar-refractivity contribution in [2.24, 2.45) is 0 Å². The average Bonchev–Trinajstić information content (AvgIpc) is 2.40. The highest BCUT2D eigenvalue weighted by Gasteiger charge is 2.44. The van der Waals surface area contributed by atoms with Crippen molar-refractivity contribution >= 4 is 5.78 Å². The molecule has 0 aliphatic rings. The summed E-state index contributed by atoms with van der Waals surface area (Å²) in [6.07, 6.45) is -4.50. The molecule has 110 valence electrons. The van der Waals surface area contributed by atoms with Crippen molar-refractivity contribution in [3.05, 3.63) is 65.5 Å². The number of rotatable bonds is 4. The largest absolute Gasteiger partial charge is 0.466 e. The molecule has 0 saturated heterocycles. The minimum Gasteiger partial charge on any atom is -0.423 e. The molecule has 0 heterocycles. The molecule has 0 radical (unpaired) electrons. The molecule has 0 bridgehead atoms. The Bertz CT molecular complexity index is 685. The standard InChI is InChI=1S/C14H7F5O2/c15-8-5-6-9(11(17)7-8)13(20)14(18,19)21-12-4-2-1-3-10(12)16/h1-7H. The van der Waals surface area contributed by atoms with Gasteiger partial charge in [0.05, 0.1) is 5.56 Å². The van der Waals surface area contributed by atoms with Crippen molar-refractivity contribution in [3.8, 4) is 5.75 Å². The summed E-state index contributed by atoms with van der Waals surface area (Å²) in [5.41, 5.74) is -1.06. The Hall–Kier alpha value is -2.44. The van der Waals surface area contributed by atoms with Crippen molar-refractivity contribution in [2.45, 2.75) is 6.11 Å². The molecular weight excluding hydrogens is 295 g/mol. The highest BCUT2D eigenvalue weighted by atomic mass is 19.3. The fourth-order valence-corrected chi connectivity index (χ4v) is 1.54. The third-order valence-electron chi connectivity index (χ3n) is 2.51. The normalized spacial score (nSPS) is 11.3. The van der Waals surface area contributed by atoms with Crippen LogP contribution in [0.2, 0.25) is 0 Å². The number of ether oxygens (including phenoxy) is 1. The number of hydrogen-bond acceptors (Lipinski definition) is 2. The Morgan fingerprint density at radius 2 is 1.62 bits per heavy atom. The van der Waals surface area contributed by atoms with Crippen molar-refractivity contribution in [1.82, 2.24) is 0 Å². The predicted molar refractivity (Wildman–Crippen MR) is 62.7 cm³/mol. The lowest BCUT2D eigenvalue weighted by molar-refractivity contribution is -0.135. The molecule has 0 atom stereocenters. The zero-order valence-corrected chi connectivity index (χ0v) is 10.2. The minimum absolute atomic E-state index is 0.284. The van der Waals surface area contributed by atoms with Crippen LogP contribution in [0, 0.1) is 17.5 Å². The lowest BCUT2D eigenvalue weighted by atomic mass is 10.1. The van der Waals surface area contributed by atoms with E-state index in [0.717, 1.165) is 12.1 Å². The first-order valence-electron chi connectivity index (χ1n) is 5.62. The first-order valence-corrected chi connectivity index (χ1v) is 5.62. The van der Waals surface area contributed by atoms with Gasteiger partial charge in [0.25, 0.3) is 5.78 Å². The van der Waals surface area contributed by atoms with Gasteiger partial charge < -0.3 is 4.74 Å². The van der Waals surface area contributed by atoms with Crippen LogP contribution in [-0.4, -0.2) is 11.9 Å². The molecule has 0 amide bonds. The van der Waals surface area contributed by atoms with Crippen molar-refractivity contribution in [3.63, 3.8) is 0 Å². The maximum atomic E-state index is 13.7. The third kappa shape index (κ3) is 3.18. The lowest BCUT2D eigenvalue weighted by Crippen LogP contribution is -2.36. The van der Waals surface area contributed by atoms with Gasteiger partial charge in [-0.2, -0.15) is 8.78 Å². The van der Waals surface area contributed by atoms with Gasteiger partial charge >= 0.3 is 6.11 Å². The maximum absolute atomic E-state index is 13.7. The van der Waals surface area contributed by atoms with Crippen LogP contribution in [0.3, 0.4) is 0 Å². The minimum atomic E-state index is -4.50. The molecule has 21 heavy (non-hydrogen) atoms. The van der Waals surface area contributed by atoms with Gasteiger partial charge in [-0.15, -0.1) is 0 Å². The van der Waals surface area contributed by atoms with Gasteiger partial charge in [-0.05, 0) is 24.3 Å². The molecule has 0 N–H and O–H groups in total. The van der Waals surface area contributed by atoms with E-state index in [9.17, 15) is 26.7 Å². The smallest absolute Gasteiger partial charge is 0.423 e. The van der Waals surface area contributed by atoms with Crippen LogP contribution < -0.4 is 4.74 Å². The number of alkyl halides is 2. The van der Waals surface area contributed by atoms with Gasteiger partial charge in [0.15, 0.2) is 11.6 Å². The Morgan fingerprint density at radius 1 is 0.952 bits per heavy atom. The summed E-state index contributed by atoms with van der Waals surface area (Å²) >= 11 is 0. The fraction of sp³-hybridized carbons (Fsp3) is 0.0714. The first kappa shape index (κ1) is 15.0. The Kier molecular flexibility index (Phi) is 3.93. The number of para-hydroxylation sites is 1. The van der Waals surface area contributed by atoms with Gasteiger partial charge in [0.2, 0.25) is 0 Å². The van der Waals surface area contributed by atoms with Crippen molar-refractivity contribution in [2.75, 3.05) is 0 Å². The molecular formula is C14H7F5O2. The van der Waals surface area contributed by atoms with E-state index in [1.54, 1.807) is 0 Å². The molecule has 0 unspecified atom stereocenters. The van der Waals surface area contributed by atoms with Crippen molar-refractivity contribution in [1.29, 1.82) is 0 Å². The Balaban J connectivity index is 2.30. The van der Waals surface area contributed by atoms with Gasteiger partial charge in [-0.25, -0.2) is 13.2 Å². The molecule has 7 heteroatoms. The number of Topliss-reactive ketones (excluding diaryl/α,β-unsaturated/α-hetero) is 1. The molecule has 0 fully saturated rings. The van der Waals surface area contributed by atoms with E-state index in [1.807, 2.05) is 0 Å². The summed E-state index contributed by atoms with van der Waals surface area (Å²) in [7, 11) is 0. The molecule has 2 rings (SSSR count). The quantitative estimate of drug-likeness (QED) is 0.631. The second-order valence-corrected chi connectivity index (χ2v) is 4.00. The molecule has 2 nitrogen and oxygen atoms in total. The lowest BCUT2D eigenvalue weighted by Gasteiger charge is -2.17. The molecule has 0 aliphatic carbocycles. The van der Waals surface area contributed by atoms with E-state index in [0.29, 0.717) is 12.1 Å². The number of carbonyl (C=O) groups is 1. The SMILES string of the molecule is O=C(c1ccc(F)cc1F)C(F)(F)Oc1ccccc1F. The van der Waals surface area contributed by atoms with Gasteiger partial charge in [-0.1, -0.05) is 12.1 Å². The molecule has 0 aliphatic heterocycles. The number of halogens is 5. The fourth-order valence-electron chi connectivity index (χ4n) is 1.54. The summed E-state index contributed by atoms with van der Waals surface area (Å²) in [4.78, 5) is 11.6. The summed E-state index contributed by atoms with van der Waals surface area (Å²) in [5, 5.41) is 0. The van der Waals surface area contributed by atoms with E-state index in [1.165, 1.54) is 12.1 Å². The Morgan fingerprint density at radius 3 is 2.24 bits per heavy atom. The van der Waals surface area contributed by atoms with E-state index in [-0.39, 0.29) is 6.07 Å². The van der Waals surface area contributed by atoms with Crippen LogP contribution >= 0.6 is 0 Å².